The quantitative estimate of drug-likeness (QED) is 0.679. The molecule has 26 heavy (non-hydrogen) atoms. The fourth-order valence-corrected chi connectivity index (χ4v) is 4.08. The predicted molar refractivity (Wildman–Crippen MR) is 103 cm³/mol. The van der Waals surface area contributed by atoms with Crippen LogP contribution < -0.4 is 9.64 Å². The molecule has 134 valence electrons. The van der Waals surface area contributed by atoms with Crippen LogP contribution in [0.25, 0.3) is 10.2 Å². The Morgan fingerprint density at radius 3 is 2.77 bits per heavy atom. The number of rotatable bonds is 5. The number of benzene rings is 2. The molecule has 0 unspecified atom stereocenters. The van der Waals surface area contributed by atoms with E-state index in [0.29, 0.717) is 17.2 Å². The van der Waals surface area contributed by atoms with Gasteiger partial charge in [0.1, 0.15) is 5.75 Å². The van der Waals surface area contributed by atoms with E-state index in [1.54, 1.807) is 36.3 Å². The zero-order valence-corrected chi connectivity index (χ0v) is 15.4. The highest BCUT2D eigenvalue weighted by molar-refractivity contribution is 7.22. The third-order valence-corrected chi connectivity index (χ3v) is 5.57. The summed E-state index contributed by atoms with van der Waals surface area (Å²) in [7, 11) is 1.61. The number of aromatic nitrogens is 1. The summed E-state index contributed by atoms with van der Waals surface area (Å²) in [4.78, 5) is 19.6. The van der Waals surface area contributed by atoms with Gasteiger partial charge in [-0.15, -0.1) is 0 Å². The molecule has 2 heterocycles. The molecular weight excluding hydrogens is 348 g/mol. The van der Waals surface area contributed by atoms with Crippen molar-refractivity contribution in [3.63, 3.8) is 0 Å². The van der Waals surface area contributed by atoms with Crippen LogP contribution in [0, 0.1) is 0 Å². The highest BCUT2D eigenvalue weighted by Crippen LogP contribution is 2.31. The van der Waals surface area contributed by atoms with Crippen LogP contribution in [-0.4, -0.2) is 37.3 Å². The lowest BCUT2D eigenvalue weighted by Crippen LogP contribution is -2.37. The van der Waals surface area contributed by atoms with Crippen molar-refractivity contribution in [2.75, 3.05) is 25.2 Å². The van der Waals surface area contributed by atoms with Crippen molar-refractivity contribution in [1.29, 1.82) is 0 Å². The molecule has 1 aromatic heterocycles. The SMILES string of the molecule is COc1ccc(C(=O)N(C[C@@H]2CCCO2)c2nc3ccccc3s2)cc1. The number of hydrogen-bond acceptors (Lipinski definition) is 5. The summed E-state index contributed by atoms with van der Waals surface area (Å²) >= 11 is 1.53. The number of amides is 1. The fourth-order valence-electron chi connectivity index (χ4n) is 3.10. The lowest BCUT2D eigenvalue weighted by molar-refractivity contribution is 0.0917. The lowest BCUT2D eigenvalue weighted by Gasteiger charge is -2.23. The number of fused-ring (bicyclic) bond motifs is 1. The minimum absolute atomic E-state index is 0.0595. The second-order valence-corrected chi connectivity index (χ2v) is 7.25. The minimum atomic E-state index is -0.0674. The first kappa shape index (κ1) is 17.0. The van der Waals surface area contributed by atoms with E-state index in [1.165, 1.54) is 11.3 Å². The average Bonchev–Trinajstić information content (AvgIpc) is 3.34. The summed E-state index contributed by atoms with van der Waals surface area (Å²) in [6.07, 6.45) is 2.07. The monoisotopic (exact) mass is 368 g/mol. The molecule has 4 rings (SSSR count). The maximum Gasteiger partial charge on any atom is 0.260 e. The maximum absolute atomic E-state index is 13.2. The number of ether oxygens (including phenoxy) is 2. The standard InChI is InChI=1S/C20H20N2O3S/c1-24-15-10-8-14(9-11-15)19(23)22(13-16-5-4-12-25-16)20-21-17-6-2-3-7-18(17)26-20/h2-3,6-11,16H,4-5,12-13H2,1H3/t16-/m0/s1. The van der Waals surface area contributed by atoms with E-state index in [-0.39, 0.29) is 12.0 Å². The van der Waals surface area contributed by atoms with Gasteiger partial charge in [0.25, 0.3) is 5.91 Å². The van der Waals surface area contributed by atoms with E-state index in [1.807, 2.05) is 24.3 Å². The summed E-state index contributed by atoms with van der Waals surface area (Å²) in [5.74, 6) is 0.662. The zero-order chi connectivity index (χ0) is 17.9. The molecule has 0 radical (unpaired) electrons. The van der Waals surface area contributed by atoms with Gasteiger partial charge in [0.15, 0.2) is 5.13 Å². The molecule has 5 nitrogen and oxygen atoms in total. The normalized spacial score (nSPS) is 16.7. The Morgan fingerprint density at radius 2 is 2.08 bits per heavy atom. The molecule has 1 saturated heterocycles. The van der Waals surface area contributed by atoms with Crippen molar-refractivity contribution in [2.24, 2.45) is 0 Å². The number of carbonyl (C=O) groups excluding carboxylic acids is 1. The van der Waals surface area contributed by atoms with Crippen molar-refractivity contribution in [3.8, 4) is 5.75 Å². The largest absolute Gasteiger partial charge is 0.497 e. The maximum atomic E-state index is 13.2. The third-order valence-electron chi connectivity index (χ3n) is 4.51. The van der Waals surface area contributed by atoms with Gasteiger partial charge in [-0.3, -0.25) is 9.69 Å². The number of hydrogen-bond donors (Lipinski definition) is 0. The third kappa shape index (κ3) is 3.43. The smallest absolute Gasteiger partial charge is 0.260 e. The minimum Gasteiger partial charge on any atom is -0.497 e. The number of methoxy groups -OCH3 is 1. The highest BCUT2D eigenvalue weighted by atomic mass is 32.1. The van der Waals surface area contributed by atoms with E-state index in [4.69, 9.17) is 9.47 Å². The Hall–Kier alpha value is -2.44. The Bertz CT molecular complexity index is 868. The van der Waals surface area contributed by atoms with Crippen molar-refractivity contribution in [1.82, 2.24) is 4.98 Å². The van der Waals surface area contributed by atoms with E-state index in [2.05, 4.69) is 4.98 Å². The molecule has 0 N–H and O–H groups in total. The van der Waals surface area contributed by atoms with Gasteiger partial charge in [-0.25, -0.2) is 4.98 Å². The zero-order valence-electron chi connectivity index (χ0n) is 14.6. The second-order valence-electron chi connectivity index (χ2n) is 6.24. The predicted octanol–water partition coefficient (Wildman–Crippen LogP) is 4.13. The highest BCUT2D eigenvalue weighted by Gasteiger charge is 2.27. The summed E-state index contributed by atoms with van der Waals surface area (Å²) < 4.78 is 12.0. The van der Waals surface area contributed by atoms with Crippen molar-refractivity contribution in [3.05, 3.63) is 54.1 Å². The van der Waals surface area contributed by atoms with Crippen molar-refractivity contribution >= 4 is 32.6 Å². The van der Waals surface area contributed by atoms with Gasteiger partial charge in [-0.05, 0) is 49.2 Å². The van der Waals surface area contributed by atoms with Crippen LogP contribution in [-0.2, 0) is 4.74 Å². The van der Waals surface area contributed by atoms with Crippen LogP contribution >= 0.6 is 11.3 Å². The van der Waals surface area contributed by atoms with Crippen LogP contribution in [0.3, 0.4) is 0 Å². The molecule has 1 aliphatic heterocycles. The van der Waals surface area contributed by atoms with Gasteiger partial charge < -0.3 is 9.47 Å². The van der Waals surface area contributed by atoms with Gasteiger partial charge in [-0.1, -0.05) is 23.5 Å². The van der Waals surface area contributed by atoms with Crippen LogP contribution in [0.2, 0.25) is 0 Å². The molecule has 0 bridgehead atoms. The van der Waals surface area contributed by atoms with Crippen LogP contribution in [0.15, 0.2) is 48.5 Å². The molecule has 1 fully saturated rings. The summed E-state index contributed by atoms with van der Waals surface area (Å²) in [6.45, 7) is 1.28. The molecular formula is C20H20N2O3S. The van der Waals surface area contributed by atoms with Gasteiger partial charge >= 0.3 is 0 Å². The number of para-hydroxylation sites is 1. The topological polar surface area (TPSA) is 51.7 Å². The molecule has 1 aliphatic rings. The average molecular weight is 368 g/mol. The van der Waals surface area contributed by atoms with E-state index in [0.717, 1.165) is 35.4 Å². The summed E-state index contributed by atoms with van der Waals surface area (Å²) in [6, 6.07) is 15.1. The Balaban J connectivity index is 1.67. The van der Waals surface area contributed by atoms with Gasteiger partial charge in [-0.2, -0.15) is 0 Å². The number of nitrogens with zero attached hydrogens (tertiary/aromatic N) is 2. The van der Waals surface area contributed by atoms with Crippen LogP contribution in [0.4, 0.5) is 5.13 Å². The first-order chi connectivity index (χ1) is 12.7. The first-order valence-electron chi connectivity index (χ1n) is 8.67. The first-order valence-corrected chi connectivity index (χ1v) is 9.49. The second kappa shape index (κ2) is 7.43. The van der Waals surface area contributed by atoms with Crippen molar-refractivity contribution in [2.45, 2.75) is 18.9 Å². The Labute approximate surface area is 156 Å². The molecule has 1 atom stereocenters. The van der Waals surface area contributed by atoms with E-state index >= 15 is 0 Å². The molecule has 0 aliphatic carbocycles. The summed E-state index contributed by atoms with van der Waals surface area (Å²) in [5.41, 5.74) is 1.52. The molecule has 6 heteroatoms. The Morgan fingerprint density at radius 1 is 1.27 bits per heavy atom. The van der Waals surface area contributed by atoms with Crippen LogP contribution in [0.1, 0.15) is 23.2 Å². The molecule has 1 amide bonds. The van der Waals surface area contributed by atoms with Gasteiger partial charge in [0, 0.05) is 12.2 Å². The molecule has 2 aromatic carbocycles. The van der Waals surface area contributed by atoms with E-state index < -0.39 is 0 Å². The van der Waals surface area contributed by atoms with Gasteiger partial charge in [0.05, 0.1) is 30.0 Å². The fraction of sp³-hybridized carbons (Fsp3) is 0.300. The van der Waals surface area contributed by atoms with Gasteiger partial charge in [0.2, 0.25) is 0 Å². The van der Waals surface area contributed by atoms with Crippen molar-refractivity contribution < 1.29 is 14.3 Å². The molecule has 0 saturated carbocycles. The molecule has 0 spiro atoms. The Kier molecular flexibility index (Phi) is 4.86. The number of anilines is 1. The summed E-state index contributed by atoms with van der Waals surface area (Å²) in [5, 5.41) is 0.711. The molecule has 3 aromatic rings. The lowest BCUT2D eigenvalue weighted by atomic mass is 10.1. The number of thiazole rings is 1. The van der Waals surface area contributed by atoms with Crippen LogP contribution in [0.5, 0.6) is 5.75 Å². The number of carbonyl (C=O) groups is 1. The van der Waals surface area contributed by atoms with E-state index in [9.17, 15) is 4.79 Å².